The Kier molecular flexibility index (Phi) is 6.55. The van der Waals surface area contributed by atoms with Crippen molar-refractivity contribution in [3.63, 3.8) is 0 Å². The van der Waals surface area contributed by atoms with Gasteiger partial charge in [0.05, 0.1) is 26.9 Å². The minimum absolute atomic E-state index is 0.369. The first kappa shape index (κ1) is 22.0. The Morgan fingerprint density at radius 2 is 1.75 bits per heavy atom. The van der Waals surface area contributed by atoms with E-state index in [1.165, 1.54) is 0 Å². The molecule has 1 aliphatic rings. The summed E-state index contributed by atoms with van der Waals surface area (Å²) < 4.78 is 23.0. The van der Waals surface area contributed by atoms with Crippen LogP contribution in [0.25, 0.3) is 11.1 Å². The number of carbonyl (C=O) groups is 1. The van der Waals surface area contributed by atoms with Gasteiger partial charge in [0.15, 0.2) is 11.5 Å². The van der Waals surface area contributed by atoms with E-state index in [4.69, 9.17) is 18.9 Å². The third-order valence-corrected chi connectivity index (χ3v) is 6.35. The molecule has 32 heavy (non-hydrogen) atoms. The van der Waals surface area contributed by atoms with Crippen LogP contribution in [0.15, 0.2) is 53.7 Å². The fourth-order valence-electron chi connectivity index (χ4n) is 4.11. The molecule has 0 N–H and O–H groups in total. The molecule has 4 rings (SSSR count). The van der Waals surface area contributed by atoms with Crippen molar-refractivity contribution in [1.82, 2.24) is 4.98 Å². The van der Waals surface area contributed by atoms with Gasteiger partial charge < -0.3 is 18.9 Å². The van der Waals surface area contributed by atoms with Crippen molar-refractivity contribution in [3.05, 3.63) is 65.5 Å². The van der Waals surface area contributed by atoms with Crippen LogP contribution in [-0.2, 0) is 11.2 Å². The normalized spacial score (nSPS) is 14.6. The van der Waals surface area contributed by atoms with Crippen molar-refractivity contribution >= 4 is 17.7 Å². The van der Waals surface area contributed by atoms with E-state index in [-0.39, 0.29) is 5.97 Å². The molecule has 0 spiro atoms. The van der Waals surface area contributed by atoms with E-state index in [1.807, 2.05) is 12.3 Å². The zero-order chi connectivity index (χ0) is 22.7. The number of rotatable bonds is 6. The Hall–Kier alpha value is -3.19. The molecule has 166 valence electrons. The second kappa shape index (κ2) is 9.53. The molecular formula is C25H25NO5S. The van der Waals surface area contributed by atoms with Crippen LogP contribution in [0.3, 0.4) is 0 Å². The van der Waals surface area contributed by atoms with Gasteiger partial charge >= 0.3 is 5.97 Å². The Bertz CT molecular complexity index is 1130. The van der Waals surface area contributed by atoms with Crippen molar-refractivity contribution in [3.8, 4) is 28.4 Å². The predicted molar refractivity (Wildman–Crippen MR) is 124 cm³/mol. The molecule has 1 atom stereocenters. The minimum Gasteiger partial charge on any atom is -0.493 e. The first-order chi connectivity index (χ1) is 15.6. The van der Waals surface area contributed by atoms with Gasteiger partial charge in [-0.05, 0) is 60.6 Å². The Morgan fingerprint density at radius 3 is 2.41 bits per heavy atom. The Morgan fingerprint density at radius 1 is 1.00 bits per heavy atom. The van der Waals surface area contributed by atoms with Crippen LogP contribution in [0.5, 0.6) is 17.2 Å². The first-order valence-electron chi connectivity index (χ1n) is 10.2. The third-order valence-electron chi connectivity index (χ3n) is 5.63. The van der Waals surface area contributed by atoms with Crippen molar-refractivity contribution in [2.24, 2.45) is 0 Å². The van der Waals surface area contributed by atoms with Gasteiger partial charge in [-0.25, -0.2) is 4.79 Å². The highest BCUT2D eigenvalue weighted by Gasteiger charge is 2.31. The molecule has 1 aliphatic carbocycles. The SMILES string of the molecule is COc1cc2c(c(OC)c1OC)-c1ccc(SC)cc1[C@H](OC(=O)c1ccncc1)CC2. The molecule has 3 aromatic rings. The molecule has 0 saturated heterocycles. The number of thioether (sulfide) groups is 1. The van der Waals surface area contributed by atoms with Gasteiger partial charge in [0.25, 0.3) is 0 Å². The molecule has 1 heterocycles. The van der Waals surface area contributed by atoms with Gasteiger partial charge in [0, 0.05) is 28.4 Å². The molecular weight excluding hydrogens is 426 g/mol. The average Bonchev–Trinajstić information content (AvgIpc) is 2.99. The Balaban J connectivity index is 1.86. The summed E-state index contributed by atoms with van der Waals surface area (Å²) in [6.45, 7) is 0. The van der Waals surface area contributed by atoms with Crippen molar-refractivity contribution in [1.29, 1.82) is 0 Å². The molecule has 0 bridgehead atoms. The lowest BCUT2D eigenvalue weighted by atomic mass is 9.94. The van der Waals surface area contributed by atoms with Crippen LogP contribution < -0.4 is 14.2 Å². The van der Waals surface area contributed by atoms with Crippen LogP contribution in [-0.4, -0.2) is 38.5 Å². The Labute approximate surface area is 191 Å². The average molecular weight is 452 g/mol. The monoisotopic (exact) mass is 451 g/mol. The number of fused-ring (bicyclic) bond motifs is 3. The second-order valence-corrected chi connectivity index (χ2v) is 8.18. The van der Waals surface area contributed by atoms with E-state index < -0.39 is 6.10 Å². The molecule has 6 nitrogen and oxygen atoms in total. The van der Waals surface area contributed by atoms with Crippen LogP contribution in [0.4, 0.5) is 0 Å². The number of nitrogens with zero attached hydrogens (tertiary/aromatic N) is 1. The fourth-order valence-corrected chi connectivity index (χ4v) is 4.56. The lowest BCUT2D eigenvalue weighted by Gasteiger charge is -2.21. The number of ether oxygens (including phenoxy) is 4. The first-order valence-corrected chi connectivity index (χ1v) is 11.4. The second-order valence-electron chi connectivity index (χ2n) is 7.30. The zero-order valence-corrected chi connectivity index (χ0v) is 19.3. The number of pyridine rings is 1. The number of hydrogen-bond acceptors (Lipinski definition) is 7. The summed E-state index contributed by atoms with van der Waals surface area (Å²) in [5.41, 5.74) is 4.38. The van der Waals surface area contributed by atoms with Crippen LogP contribution in [0.2, 0.25) is 0 Å². The van der Waals surface area contributed by atoms with Crippen LogP contribution in [0, 0.1) is 0 Å². The molecule has 0 fully saturated rings. The fraction of sp³-hybridized carbons (Fsp3) is 0.280. The van der Waals surface area contributed by atoms with Gasteiger partial charge in [0.1, 0.15) is 6.10 Å². The summed E-state index contributed by atoms with van der Waals surface area (Å²) in [4.78, 5) is 17.9. The van der Waals surface area contributed by atoms with Gasteiger partial charge in [-0.15, -0.1) is 11.8 Å². The number of aryl methyl sites for hydroxylation is 1. The zero-order valence-electron chi connectivity index (χ0n) is 18.5. The van der Waals surface area contributed by atoms with E-state index >= 15 is 0 Å². The quantitative estimate of drug-likeness (QED) is 0.370. The minimum atomic E-state index is -0.410. The number of methoxy groups -OCH3 is 3. The molecule has 1 aromatic heterocycles. The summed E-state index contributed by atoms with van der Waals surface area (Å²) in [7, 11) is 4.83. The summed E-state index contributed by atoms with van der Waals surface area (Å²) in [6, 6.07) is 11.5. The molecule has 0 radical (unpaired) electrons. The number of benzene rings is 2. The highest BCUT2D eigenvalue weighted by atomic mass is 32.2. The van der Waals surface area contributed by atoms with E-state index in [2.05, 4.69) is 23.2 Å². The lowest BCUT2D eigenvalue weighted by molar-refractivity contribution is 0.0280. The van der Waals surface area contributed by atoms with Gasteiger partial charge in [0.2, 0.25) is 5.75 Å². The van der Waals surface area contributed by atoms with Gasteiger partial charge in [-0.3, -0.25) is 4.98 Å². The maximum atomic E-state index is 12.9. The number of esters is 1. The van der Waals surface area contributed by atoms with Crippen molar-refractivity contribution in [2.45, 2.75) is 23.8 Å². The smallest absolute Gasteiger partial charge is 0.338 e. The highest BCUT2D eigenvalue weighted by Crippen LogP contribution is 2.51. The summed E-state index contributed by atoms with van der Waals surface area (Å²) >= 11 is 1.65. The summed E-state index contributed by atoms with van der Waals surface area (Å²) in [5.74, 6) is 1.39. The number of hydrogen-bond donors (Lipinski definition) is 0. The van der Waals surface area contributed by atoms with E-state index in [0.29, 0.717) is 35.7 Å². The predicted octanol–water partition coefficient (Wildman–Crippen LogP) is 5.34. The van der Waals surface area contributed by atoms with Crippen molar-refractivity contribution in [2.75, 3.05) is 27.6 Å². The summed E-state index contributed by atoms with van der Waals surface area (Å²) in [5, 5.41) is 0. The van der Waals surface area contributed by atoms with Crippen LogP contribution in [0.1, 0.15) is 34.0 Å². The highest BCUT2D eigenvalue weighted by molar-refractivity contribution is 7.98. The maximum Gasteiger partial charge on any atom is 0.338 e. The van der Waals surface area contributed by atoms with Gasteiger partial charge in [-0.2, -0.15) is 0 Å². The molecule has 0 amide bonds. The lowest BCUT2D eigenvalue weighted by Crippen LogP contribution is -2.12. The van der Waals surface area contributed by atoms with Gasteiger partial charge in [-0.1, -0.05) is 6.07 Å². The molecule has 7 heteroatoms. The molecule has 0 saturated carbocycles. The third kappa shape index (κ3) is 4.00. The largest absolute Gasteiger partial charge is 0.493 e. The van der Waals surface area contributed by atoms with E-state index in [0.717, 1.165) is 27.1 Å². The van der Waals surface area contributed by atoms with Crippen molar-refractivity contribution < 1.29 is 23.7 Å². The molecule has 0 unspecified atom stereocenters. The standard InChI is InChI=1S/C25H25NO5S/c1-28-21-13-16-5-8-20(31-25(27)15-9-11-26-12-10-15)19-14-17(32-4)6-7-18(19)22(16)24(30-3)23(21)29-2/h6-7,9-14,20H,5,8H2,1-4H3/t20-/m1/s1. The van der Waals surface area contributed by atoms with Crippen LogP contribution >= 0.6 is 11.8 Å². The number of aromatic nitrogens is 1. The molecule has 2 aromatic carbocycles. The molecule has 0 aliphatic heterocycles. The number of carbonyl (C=O) groups excluding carboxylic acids is 1. The summed E-state index contributed by atoms with van der Waals surface area (Å²) in [6.07, 6.45) is 6.10. The van der Waals surface area contributed by atoms with E-state index in [1.54, 1.807) is 57.6 Å². The maximum absolute atomic E-state index is 12.9. The van der Waals surface area contributed by atoms with E-state index in [9.17, 15) is 4.79 Å². The topological polar surface area (TPSA) is 66.9 Å².